The van der Waals surface area contributed by atoms with Gasteiger partial charge in [-0.3, -0.25) is 9.78 Å². The van der Waals surface area contributed by atoms with E-state index in [1.165, 1.54) is 4.90 Å². The molecule has 1 amide bonds. The molecule has 0 unspecified atom stereocenters. The van der Waals surface area contributed by atoms with Crippen molar-refractivity contribution in [3.63, 3.8) is 0 Å². The third-order valence-electron chi connectivity index (χ3n) is 3.93. The minimum absolute atomic E-state index is 0.217. The molecular formula is C15H19N5O3. The Labute approximate surface area is 133 Å². The highest BCUT2D eigenvalue weighted by Gasteiger charge is 2.38. The zero-order valence-electron chi connectivity index (χ0n) is 13.1. The van der Waals surface area contributed by atoms with Crippen molar-refractivity contribution in [2.24, 2.45) is 0 Å². The van der Waals surface area contributed by atoms with Gasteiger partial charge >= 0.3 is 0 Å². The molecule has 0 spiro atoms. The number of hydrogen-bond acceptors (Lipinski definition) is 7. The molecule has 1 saturated heterocycles. The van der Waals surface area contributed by atoms with Crippen LogP contribution in [0.3, 0.4) is 0 Å². The summed E-state index contributed by atoms with van der Waals surface area (Å²) in [7, 11) is 1.65. The van der Waals surface area contributed by atoms with E-state index in [9.17, 15) is 9.90 Å². The van der Waals surface area contributed by atoms with Gasteiger partial charge in [-0.25, -0.2) is 4.98 Å². The zero-order valence-corrected chi connectivity index (χ0v) is 13.1. The Kier molecular flexibility index (Phi) is 3.99. The highest BCUT2D eigenvalue weighted by Crippen LogP contribution is 2.26. The molecule has 122 valence electrons. The number of amides is 1. The van der Waals surface area contributed by atoms with E-state index in [4.69, 9.17) is 4.52 Å². The maximum absolute atomic E-state index is 12.3. The lowest BCUT2D eigenvalue weighted by Crippen LogP contribution is -2.46. The molecule has 1 aliphatic heterocycles. The van der Waals surface area contributed by atoms with Crippen molar-refractivity contribution >= 4 is 11.7 Å². The van der Waals surface area contributed by atoms with E-state index in [-0.39, 0.29) is 18.1 Å². The number of anilines is 1. The maximum atomic E-state index is 12.3. The first-order valence-electron chi connectivity index (χ1n) is 7.39. The van der Waals surface area contributed by atoms with Gasteiger partial charge in [-0.05, 0) is 13.3 Å². The minimum Gasteiger partial charge on any atom is -0.386 e. The lowest BCUT2D eigenvalue weighted by molar-refractivity contribution is 0.0260. The van der Waals surface area contributed by atoms with Gasteiger partial charge in [-0.15, -0.1) is 0 Å². The molecule has 0 radical (unpaired) electrons. The number of aliphatic hydroxyl groups is 1. The van der Waals surface area contributed by atoms with E-state index in [2.05, 4.69) is 15.1 Å². The van der Waals surface area contributed by atoms with Crippen LogP contribution in [0.4, 0.5) is 5.82 Å². The normalized spacial score (nSPS) is 20.7. The van der Waals surface area contributed by atoms with Crippen molar-refractivity contribution in [1.82, 2.24) is 20.0 Å². The molecule has 2 aromatic heterocycles. The van der Waals surface area contributed by atoms with Crippen LogP contribution < -0.4 is 4.90 Å². The summed E-state index contributed by atoms with van der Waals surface area (Å²) in [5.74, 6) is 1.04. The molecule has 0 aromatic carbocycles. The number of aromatic nitrogens is 3. The van der Waals surface area contributed by atoms with E-state index in [0.29, 0.717) is 25.3 Å². The number of β-amino-alcohol motifs (C(OH)–C–C–N with tert-alkyl or cyclic N) is 1. The lowest BCUT2D eigenvalue weighted by atomic mass is 10.0. The minimum atomic E-state index is -0.985. The van der Waals surface area contributed by atoms with Crippen LogP contribution >= 0.6 is 0 Å². The van der Waals surface area contributed by atoms with E-state index in [0.717, 1.165) is 5.82 Å². The van der Waals surface area contributed by atoms with Crippen LogP contribution in [0, 0.1) is 6.92 Å². The third kappa shape index (κ3) is 3.31. The van der Waals surface area contributed by atoms with Crippen molar-refractivity contribution in [3.8, 4) is 0 Å². The van der Waals surface area contributed by atoms with E-state index < -0.39 is 5.60 Å². The highest BCUT2D eigenvalue weighted by atomic mass is 16.5. The molecule has 1 N–H and O–H groups in total. The van der Waals surface area contributed by atoms with Crippen LogP contribution in [0.2, 0.25) is 0 Å². The van der Waals surface area contributed by atoms with Gasteiger partial charge in [0.1, 0.15) is 17.2 Å². The van der Waals surface area contributed by atoms with Gasteiger partial charge in [0.2, 0.25) is 0 Å². The molecule has 3 rings (SSSR count). The average molecular weight is 317 g/mol. The maximum Gasteiger partial charge on any atom is 0.275 e. The molecule has 0 bridgehead atoms. The number of rotatable bonds is 4. The fourth-order valence-corrected chi connectivity index (χ4v) is 2.81. The van der Waals surface area contributed by atoms with Gasteiger partial charge in [0.25, 0.3) is 5.91 Å². The average Bonchev–Trinajstić information content (AvgIpc) is 3.14. The summed E-state index contributed by atoms with van der Waals surface area (Å²) in [5.41, 5.74) is -0.738. The van der Waals surface area contributed by atoms with E-state index in [1.807, 2.05) is 4.90 Å². The molecule has 8 heteroatoms. The molecule has 0 aliphatic carbocycles. The van der Waals surface area contributed by atoms with Gasteiger partial charge in [0.05, 0.1) is 12.7 Å². The van der Waals surface area contributed by atoms with Crippen molar-refractivity contribution in [2.45, 2.75) is 18.9 Å². The first-order valence-corrected chi connectivity index (χ1v) is 7.39. The van der Waals surface area contributed by atoms with Gasteiger partial charge in [-0.2, -0.15) is 0 Å². The van der Waals surface area contributed by atoms with Crippen LogP contribution in [0.25, 0.3) is 0 Å². The van der Waals surface area contributed by atoms with E-state index in [1.54, 1.807) is 38.6 Å². The topological polar surface area (TPSA) is 95.6 Å². The summed E-state index contributed by atoms with van der Waals surface area (Å²) in [4.78, 5) is 24.0. The Hall–Kier alpha value is -2.48. The second kappa shape index (κ2) is 5.96. The number of carbonyl (C=O) groups excluding carboxylic acids is 1. The Morgan fingerprint density at radius 3 is 3.00 bits per heavy atom. The molecule has 2 aromatic rings. The van der Waals surface area contributed by atoms with Crippen molar-refractivity contribution < 1.29 is 14.4 Å². The van der Waals surface area contributed by atoms with E-state index >= 15 is 0 Å². The number of hydrogen-bond donors (Lipinski definition) is 1. The smallest absolute Gasteiger partial charge is 0.275 e. The standard InChI is InChI=1S/C15H19N5O3/c1-11-7-12(18-23-11)14(21)19(2)9-15(22)3-6-20(10-15)13-8-16-4-5-17-13/h4-5,7-8,22H,3,6,9-10H2,1-2H3/t15-/m1/s1. The lowest BCUT2D eigenvalue weighted by Gasteiger charge is -2.28. The first kappa shape index (κ1) is 15.4. The first-order chi connectivity index (χ1) is 11.0. The fourth-order valence-electron chi connectivity index (χ4n) is 2.81. The Balaban J connectivity index is 1.64. The Morgan fingerprint density at radius 2 is 2.35 bits per heavy atom. The second-order valence-corrected chi connectivity index (χ2v) is 5.94. The highest BCUT2D eigenvalue weighted by molar-refractivity contribution is 5.92. The summed E-state index contributed by atoms with van der Waals surface area (Å²) >= 11 is 0. The number of nitrogens with zero attached hydrogens (tertiary/aromatic N) is 5. The zero-order chi connectivity index (χ0) is 16.4. The molecular weight excluding hydrogens is 298 g/mol. The molecule has 8 nitrogen and oxygen atoms in total. The van der Waals surface area contributed by atoms with Crippen LogP contribution in [0.5, 0.6) is 0 Å². The quantitative estimate of drug-likeness (QED) is 0.876. The molecule has 1 aliphatic rings. The fraction of sp³-hybridized carbons (Fsp3) is 0.467. The largest absolute Gasteiger partial charge is 0.386 e. The summed E-state index contributed by atoms with van der Waals surface area (Å²) in [6.45, 7) is 3.02. The summed E-state index contributed by atoms with van der Waals surface area (Å²) in [6.07, 6.45) is 5.45. The van der Waals surface area contributed by atoms with Crippen molar-refractivity contribution in [3.05, 3.63) is 36.1 Å². The van der Waals surface area contributed by atoms with Gasteiger partial charge in [-0.1, -0.05) is 5.16 Å². The molecule has 3 heterocycles. The van der Waals surface area contributed by atoms with Crippen LogP contribution in [0.1, 0.15) is 22.7 Å². The monoisotopic (exact) mass is 317 g/mol. The molecule has 1 fully saturated rings. The predicted octanol–water partition coefficient (Wildman–Crippen LogP) is 0.486. The second-order valence-electron chi connectivity index (χ2n) is 5.94. The van der Waals surface area contributed by atoms with Crippen LogP contribution in [-0.2, 0) is 0 Å². The van der Waals surface area contributed by atoms with Gasteiger partial charge < -0.3 is 19.4 Å². The molecule has 0 saturated carbocycles. The summed E-state index contributed by atoms with van der Waals surface area (Å²) in [6, 6.07) is 1.59. The third-order valence-corrected chi connectivity index (χ3v) is 3.93. The molecule has 23 heavy (non-hydrogen) atoms. The Bertz CT molecular complexity index is 689. The molecule has 1 atom stereocenters. The van der Waals surface area contributed by atoms with Crippen molar-refractivity contribution in [1.29, 1.82) is 0 Å². The SMILES string of the molecule is Cc1cc(C(=O)N(C)C[C@]2(O)CCN(c3cnccn3)C2)no1. The van der Waals surface area contributed by atoms with Crippen molar-refractivity contribution in [2.75, 3.05) is 31.6 Å². The summed E-state index contributed by atoms with van der Waals surface area (Å²) in [5, 5.41) is 14.5. The predicted molar refractivity (Wildman–Crippen MR) is 82.0 cm³/mol. The Morgan fingerprint density at radius 1 is 1.52 bits per heavy atom. The van der Waals surface area contributed by atoms with Crippen LogP contribution in [-0.4, -0.2) is 63.3 Å². The van der Waals surface area contributed by atoms with Gasteiger partial charge in [0, 0.05) is 38.6 Å². The number of aryl methyl sites for hydroxylation is 1. The van der Waals surface area contributed by atoms with Gasteiger partial charge in [0.15, 0.2) is 5.69 Å². The number of carbonyl (C=O) groups is 1. The number of likely N-dealkylation sites (N-methyl/N-ethyl adjacent to an activating group) is 1. The van der Waals surface area contributed by atoms with Crippen LogP contribution in [0.15, 0.2) is 29.2 Å². The summed E-state index contributed by atoms with van der Waals surface area (Å²) < 4.78 is 4.92.